The lowest BCUT2D eigenvalue weighted by atomic mass is 10.1. The number of aromatic nitrogens is 1. The second-order valence-corrected chi connectivity index (χ2v) is 6.20. The minimum absolute atomic E-state index is 0.0754. The van der Waals surface area contributed by atoms with Gasteiger partial charge in [-0.25, -0.2) is 4.79 Å². The van der Waals surface area contributed by atoms with Gasteiger partial charge in [0.2, 0.25) is 5.56 Å². The van der Waals surface area contributed by atoms with Gasteiger partial charge in [0.05, 0.1) is 18.2 Å². The smallest absolute Gasteiger partial charge is 0.337 e. The maximum atomic E-state index is 12.5. The molecule has 7 nitrogen and oxygen atoms in total. The summed E-state index contributed by atoms with van der Waals surface area (Å²) in [6.07, 6.45) is 1.45. The molecule has 1 aliphatic rings. The van der Waals surface area contributed by atoms with Crippen molar-refractivity contribution >= 4 is 11.9 Å². The Morgan fingerprint density at radius 3 is 2.50 bits per heavy atom. The van der Waals surface area contributed by atoms with E-state index in [2.05, 4.69) is 9.88 Å². The third-order valence-corrected chi connectivity index (χ3v) is 4.44. The van der Waals surface area contributed by atoms with Crippen molar-refractivity contribution in [2.75, 3.05) is 33.3 Å². The van der Waals surface area contributed by atoms with Gasteiger partial charge in [-0.1, -0.05) is 12.1 Å². The Morgan fingerprint density at radius 2 is 1.85 bits per heavy atom. The van der Waals surface area contributed by atoms with Gasteiger partial charge in [-0.15, -0.1) is 0 Å². The zero-order valence-electron chi connectivity index (χ0n) is 14.6. The predicted molar refractivity (Wildman–Crippen MR) is 96.0 cm³/mol. The summed E-state index contributed by atoms with van der Waals surface area (Å²) in [4.78, 5) is 41.8. The number of benzene rings is 1. The number of hydrogen-bond acceptors (Lipinski definition) is 5. The molecule has 136 valence electrons. The van der Waals surface area contributed by atoms with Crippen LogP contribution in [0.3, 0.4) is 0 Å². The van der Waals surface area contributed by atoms with Crippen LogP contribution in [0.4, 0.5) is 0 Å². The SMILES string of the molecule is COC(=O)c1cccc(CN2CCN(C(=O)c3ccc(=O)[nH]c3)CC2)c1. The number of piperazine rings is 1. The minimum atomic E-state index is -0.344. The first-order valence-electron chi connectivity index (χ1n) is 8.44. The van der Waals surface area contributed by atoms with Gasteiger partial charge in [-0.2, -0.15) is 0 Å². The fraction of sp³-hybridized carbons (Fsp3) is 0.316. The van der Waals surface area contributed by atoms with E-state index >= 15 is 0 Å². The summed E-state index contributed by atoms with van der Waals surface area (Å²) in [5.41, 5.74) is 1.84. The first kappa shape index (κ1) is 17.9. The standard InChI is InChI=1S/C19H21N3O4/c1-26-19(25)15-4-2-3-14(11-15)13-21-7-9-22(10-8-21)18(24)16-5-6-17(23)20-12-16/h2-6,11-12H,7-10,13H2,1H3,(H,20,23). The molecule has 1 fully saturated rings. The molecule has 2 aromatic rings. The molecule has 0 aliphatic carbocycles. The monoisotopic (exact) mass is 355 g/mol. The first-order valence-corrected chi connectivity index (χ1v) is 8.44. The van der Waals surface area contributed by atoms with E-state index in [1.165, 1.54) is 19.4 Å². The van der Waals surface area contributed by atoms with Crippen molar-refractivity contribution in [1.82, 2.24) is 14.8 Å². The summed E-state index contributed by atoms with van der Waals surface area (Å²) in [6.45, 7) is 3.45. The Labute approximate surface area is 151 Å². The van der Waals surface area contributed by atoms with Gasteiger partial charge in [-0.3, -0.25) is 14.5 Å². The molecule has 2 heterocycles. The van der Waals surface area contributed by atoms with Crippen LogP contribution in [0, 0.1) is 0 Å². The van der Waals surface area contributed by atoms with E-state index in [4.69, 9.17) is 4.74 Å². The van der Waals surface area contributed by atoms with Crippen LogP contribution >= 0.6 is 0 Å². The maximum absolute atomic E-state index is 12.5. The van der Waals surface area contributed by atoms with Crippen LogP contribution in [0.15, 0.2) is 47.4 Å². The highest BCUT2D eigenvalue weighted by Crippen LogP contribution is 2.13. The van der Waals surface area contributed by atoms with Gasteiger partial charge in [0.1, 0.15) is 0 Å². The van der Waals surface area contributed by atoms with Crippen molar-refractivity contribution < 1.29 is 14.3 Å². The van der Waals surface area contributed by atoms with Gasteiger partial charge in [0.25, 0.3) is 5.91 Å². The number of nitrogens with zero attached hydrogens (tertiary/aromatic N) is 2. The molecule has 0 radical (unpaired) electrons. The Balaban J connectivity index is 1.57. The van der Waals surface area contributed by atoms with E-state index in [-0.39, 0.29) is 17.4 Å². The number of ether oxygens (including phenoxy) is 1. The normalized spacial score (nSPS) is 14.9. The molecule has 1 saturated heterocycles. The molecule has 7 heteroatoms. The van der Waals surface area contributed by atoms with Crippen LogP contribution in [0.5, 0.6) is 0 Å². The molecule has 1 aromatic carbocycles. The Bertz CT molecular complexity index is 833. The molecule has 26 heavy (non-hydrogen) atoms. The van der Waals surface area contributed by atoms with Crippen molar-refractivity contribution in [3.05, 3.63) is 69.6 Å². The average Bonchev–Trinajstić information content (AvgIpc) is 2.68. The van der Waals surface area contributed by atoms with Crippen LogP contribution in [0.25, 0.3) is 0 Å². The fourth-order valence-corrected chi connectivity index (χ4v) is 3.01. The van der Waals surface area contributed by atoms with Crippen LogP contribution in [-0.4, -0.2) is 59.9 Å². The Hall–Kier alpha value is -2.93. The van der Waals surface area contributed by atoms with Crippen LogP contribution in [0.2, 0.25) is 0 Å². The number of nitrogens with one attached hydrogen (secondary N) is 1. The maximum Gasteiger partial charge on any atom is 0.337 e. The minimum Gasteiger partial charge on any atom is -0.465 e. The quantitative estimate of drug-likeness (QED) is 0.831. The van der Waals surface area contributed by atoms with E-state index in [1.54, 1.807) is 17.0 Å². The summed E-state index contributed by atoms with van der Waals surface area (Å²) >= 11 is 0. The molecule has 0 spiro atoms. The highest BCUT2D eigenvalue weighted by atomic mass is 16.5. The highest BCUT2D eigenvalue weighted by molar-refractivity contribution is 5.94. The molecule has 1 aliphatic heterocycles. The Kier molecular flexibility index (Phi) is 5.48. The van der Waals surface area contributed by atoms with Crippen LogP contribution < -0.4 is 5.56 Å². The average molecular weight is 355 g/mol. The van der Waals surface area contributed by atoms with E-state index in [0.29, 0.717) is 30.8 Å². The van der Waals surface area contributed by atoms with Crippen molar-refractivity contribution in [1.29, 1.82) is 0 Å². The summed E-state index contributed by atoms with van der Waals surface area (Å²) in [5, 5.41) is 0. The molecule has 0 bridgehead atoms. The van der Waals surface area contributed by atoms with E-state index in [1.807, 2.05) is 18.2 Å². The van der Waals surface area contributed by atoms with E-state index < -0.39 is 0 Å². The number of amides is 1. The van der Waals surface area contributed by atoms with Crippen molar-refractivity contribution in [2.45, 2.75) is 6.54 Å². The summed E-state index contributed by atoms with van der Waals surface area (Å²) in [6, 6.07) is 10.3. The van der Waals surface area contributed by atoms with Crippen LogP contribution in [-0.2, 0) is 11.3 Å². The van der Waals surface area contributed by atoms with Crippen LogP contribution in [0.1, 0.15) is 26.3 Å². The molecule has 1 N–H and O–H groups in total. The van der Waals surface area contributed by atoms with Crippen molar-refractivity contribution in [3.63, 3.8) is 0 Å². The second-order valence-electron chi connectivity index (χ2n) is 6.20. The van der Waals surface area contributed by atoms with E-state index in [0.717, 1.165) is 18.7 Å². The lowest BCUT2D eigenvalue weighted by Crippen LogP contribution is -2.48. The van der Waals surface area contributed by atoms with Crippen molar-refractivity contribution in [3.8, 4) is 0 Å². The number of carbonyl (C=O) groups is 2. The molecule has 1 aromatic heterocycles. The number of H-pyrrole nitrogens is 1. The molecular weight excluding hydrogens is 334 g/mol. The summed E-state index contributed by atoms with van der Waals surface area (Å²) in [5.74, 6) is -0.420. The molecule has 0 atom stereocenters. The van der Waals surface area contributed by atoms with Gasteiger partial charge >= 0.3 is 5.97 Å². The molecule has 0 saturated carbocycles. The van der Waals surface area contributed by atoms with Gasteiger partial charge in [0, 0.05) is 45.0 Å². The Morgan fingerprint density at radius 1 is 1.08 bits per heavy atom. The third-order valence-electron chi connectivity index (χ3n) is 4.44. The number of aromatic amines is 1. The summed E-state index contributed by atoms with van der Waals surface area (Å²) < 4.78 is 4.75. The van der Waals surface area contributed by atoms with Crippen molar-refractivity contribution in [2.24, 2.45) is 0 Å². The first-order chi connectivity index (χ1) is 12.6. The fourth-order valence-electron chi connectivity index (χ4n) is 3.01. The molecule has 0 unspecified atom stereocenters. The highest BCUT2D eigenvalue weighted by Gasteiger charge is 2.22. The number of methoxy groups -OCH3 is 1. The number of pyridine rings is 1. The topological polar surface area (TPSA) is 82.7 Å². The van der Waals surface area contributed by atoms with Gasteiger partial charge in [0.15, 0.2) is 0 Å². The number of rotatable bonds is 4. The predicted octanol–water partition coefficient (Wildman–Crippen LogP) is 1.12. The largest absolute Gasteiger partial charge is 0.465 e. The second kappa shape index (κ2) is 7.97. The number of carbonyl (C=O) groups excluding carboxylic acids is 2. The zero-order chi connectivity index (χ0) is 18.5. The number of hydrogen-bond donors (Lipinski definition) is 1. The number of esters is 1. The lowest BCUT2D eigenvalue weighted by Gasteiger charge is -2.34. The summed E-state index contributed by atoms with van der Waals surface area (Å²) in [7, 11) is 1.37. The molecule has 1 amide bonds. The molecular formula is C19H21N3O4. The zero-order valence-corrected chi connectivity index (χ0v) is 14.6. The van der Waals surface area contributed by atoms with Gasteiger partial charge < -0.3 is 14.6 Å². The van der Waals surface area contributed by atoms with E-state index in [9.17, 15) is 14.4 Å². The molecule has 3 rings (SSSR count). The lowest BCUT2D eigenvalue weighted by molar-refractivity contribution is 0.0595. The van der Waals surface area contributed by atoms with Gasteiger partial charge in [-0.05, 0) is 23.8 Å². The third kappa shape index (κ3) is 4.18.